The molecule has 0 saturated carbocycles. The van der Waals surface area contributed by atoms with Gasteiger partial charge in [-0.2, -0.15) is 0 Å². The molecule has 0 spiro atoms. The number of benzene rings is 1. The highest BCUT2D eigenvalue weighted by Crippen LogP contribution is 2.30. The molecular formula is C18H21N3O. The number of aromatic nitrogens is 2. The number of oxazole rings is 1. The number of nitrogens with one attached hydrogen (secondary N) is 2. The fraction of sp³-hybridized carbons (Fsp3) is 0.389. The molecule has 114 valence electrons. The molecule has 0 bridgehead atoms. The van der Waals surface area contributed by atoms with Crippen molar-refractivity contribution in [1.82, 2.24) is 15.3 Å². The van der Waals surface area contributed by atoms with Gasteiger partial charge >= 0.3 is 0 Å². The summed E-state index contributed by atoms with van der Waals surface area (Å²) in [7, 11) is 0. The zero-order valence-corrected chi connectivity index (χ0v) is 13.1. The van der Waals surface area contributed by atoms with Crippen LogP contribution in [0.5, 0.6) is 0 Å². The number of fused-ring (bicyclic) bond motifs is 2. The Bertz CT molecular complexity index is 815. The third-order valence-corrected chi connectivity index (χ3v) is 4.43. The van der Waals surface area contributed by atoms with E-state index in [1.807, 2.05) is 6.92 Å². The Labute approximate surface area is 129 Å². The van der Waals surface area contributed by atoms with E-state index in [-0.39, 0.29) is 0 Å². The van der Waals surface area contributed by atoms with Gasteiger partial charge in [-0.05, 0) is 48.9 Å². The molecule has 2 N–H and O–H groups in total. The molecule has 2 aromatic heterocycles. The average Bonchev–Trinajstić information content (AvgIpc) is 3.05. The molecule has 0 saturated heterocycles. The maximum absolute atomic E-state index is 5.69. The van der Waals surface area contributed by atoms with Crippen LogP contribution in [-0.2, 0) is 13.0 Å². The van der Waals surface area contributed by atoms with E-state index in [2.05, 4.69) is 46.5 Å². The molecule has 0 radical (unpaired) electrons. The second-order valence-corrected chi connectivity index (χ2v) is 6.24. The first-order valence-corrected chi connectivity index (χ1v) is 7.97. The minimum atomic E-state index is 0.310. The molecule has 4 rings (SSSR count). The van der Waals surface area contributed by atoms with E-state index in [9.17, 15) is 0 Å². The SMILES string of the molecule is Cc1cc2cc(CNC3CCCc4oc(C)nc43)ccc2[nH]1. The number of H-pyrrole nitrogens is 1. The minimum absolute atomic E-state index is 0.310. The lowest BCUT2D eigenvalue weighted by atomic mass is 9.96. The van der Waals surface area contributed by atoms with E-state index in [1.54, 1.807) is 0 Å². The van der Waals surface area contributed by atoms with E-state index >= 15 is 0 Å². The van der Waals surface area contributed by atoms with Gasteiger partial charge in [0.05, 0.1) is 11.7 Å². The molecule has 4 heteroatoms. The van der Waals surface area contributed by atoms with E-state index in [0.29, 0.717) is 6.04 Å². The van der Waals surface area contributed by atoms with Crippen LogP contribution < -0.4 is 5.32 Å². The molecule has 1 aliphatic rings. The fourth-order valence-electron chi connectivity index (χ4n) is 3.42. The molecular weight excluding hydrogens is 274 g/mol. The van der Waals surface area contributed by atoms with Crippen molar-refractivity contribution in [2.24, 2.45) is 0 Å². The number of hydrogen-bond donors (Lipinski definition) is 2. The van der Waals surface area contributed by atoms with Crippen molar-refractivity contribution in [3.63, 3.8) is 0 Å². The highest BCUT2D eigenvalue weighted by atomic mass is 16.4. The van der Waals surface area contributed by atoms with Crippen LogP contribution in [0.3, 0.4) is 0 Å². The van der Waals surface area contributed by atoms with Crippen LogP contribution in [0.4, 0.5) is 0 Å². The Morgan fingerprint density at radius 1 is 1.32 bits per heavy atom. The van der Waals surface area contributed by atoms with E-state index in [1.165, 1.54) is 22.2 Å². The summed E-state index contributed by atoms with van der Waals surface area (Å²) >= 11 is 0. The van der Waals surface area contributed by atoms with Crippen molar-refractivity contribution in [2.75, 3.05) is 0 Å². The van der Waals surface area contributed by atoms with Gasteiger partial charge in [-0.15, -0.1) is 0 Å². The van der Waals surface area contributed by atoms with Crippen molar-refractivity contribution < 1.29 is 4.42 Å². The number of nitrogens with zero attached hydrogens (tertiary/aromatic N) is 1. The van der Waals surface area contributed by atoms with Gasteiger partial charge in [0.25, 0.3) is 0 Å². The number of hydrogen-bond acceptors (Lipinski definition) is 3. The maximum Gasteiger partial charge on any atom is 0.191 e. The van der Waals surface area contributed by atoms with Gasteiger partial charge in [0, 0.05) is 31.1 Å². The first-order valence-electron chi connectivity index (χ1n) is 7.97. The summed E-state index contributed by atoms with van der Waals surface area (Å²) in [6.45, 7) is 4.88. The van der Waals surface area contributed by atoms with Gasteiger partial charge in [-0.1, -0.05) is 6.07 Å². The third kappa shape index (κ3) is 2.44. The Kier molecular flexibility index (Phi) is 3.26. The Hall–Kier alpha value is -2.07. The second-order valence-electron chi connectivity index (χ2n) is 6.24. The van der Waals surface area contributed by atoms with Gasteiger partial charge in [-0.3, -0.25) is 0 Å². The van der Waals surface area contributed by atoms with Gasteiger partial charge in [0.2, 0.25) is 0 Å². The smallest absolute Gasteiger partial charge is 0.191 e. The lowest BCUT2D eigenvalue weighted by Gasteiger charge is -2.21. The standard InChI is InChI=1S/C18H21N3O/c1-11-8-14-9-13(6-7-15(14)20-11)10-19-16-4-3-5-17-18(16)21-12(2)22-17/h6-9,16,19-20H,3-5,10H2,1-2H3. The highest BCUT2D eigenvalue weighted by Gasteiger charge is 2.24. The van der Waals surface area contributed by atoms with E-state index in [4.69, 9.17) is 4.42 Å². The summed E-state index contributed by atoms with van der Waals surface area (Å²) in [5.41, 5.74) is 4.82. The third-order valence-electron chi connectivity index (χ3n) is 4.43. The normalized spacial score (nSPS) is 17.8. The van der Waals surface area contributed by atoms with Crippen molar-refractivity contribution in [1.29, 1.82) is 0 Å². The van der Waals surface area contributed by atoms with Gasteiger partial charge in [0.1, 0.15) is 5.76 Å². The molecule has 22 heavy (non-hydrogen) atoms. The first-order chi connectivity index (χ1) is 10.7. The van der Waals surface area contributed by atoms with E-state index in [0.717, 1.165) is 43.2 Å². The molecule has 0 aliphatic heterocycles. The van der Waals surface area contributed by atoms with Crippen molar-refractivity contribution in [3.05, 3.63) is 52.9 Å². The van der Waals surface area contributed by atoms with Crippen LogP contribution in [-0.4, -0.2) is 9.97 Å². The largest absolute Gasteiger partial charge is 0.446 e. The Morgan fingerprint density at radius 2 is 2.23 bits per heavy atom. The number of aromatic amines is 1. The Balaban J connectivity index is 1.52. The predicted molar refractivity (Wildman–Crippen MR) is 86.8 cm³/mol. The lowest BCUT2D eigenvalue weighted by Crippen LogP contribution is -2.24. The monoisotopic (exact) mass is 295 g/mol. The van der Waals surface area contributed by atoms with Crippen LogP contribution in [0, 0.1) is 13.8 Å². The lowest BCUT2D eigenvalue weighted by molar-refractivity contribution is 0.403. The quantitative estimate of drug-likeness (QED) is 0.769. The van der Waals surface area contributed by atoms with E-state index < -0.39 is 0 Å². The van der Waals surface area contributed by atoms with Gasteiger partial charge < -0.3 is 14.7 Å². The second kappa shape index (κ2) is 5.29. The molecule has 3 aromatic rings. The molecule has 0 amide bonds. The van der Waals surface area contributed by atoms with Crippen molar-refractivity contribution in [3.8, 4) is 0 Å². The first kappa shape index (κ1) is 13.6. The number of aryl methyl sites for hydroxylation is 3. The van der Waals surface area contributed by atoms with Crippen LogP contribution in [0.2, 0.25) is 0 Å². The molecule has 1 unspecified atom stereocenters. The van der Waals surface area contributed by atoms with Crippen molar-refractivity contribution in [2.45, 2.75) is 45.7 Å². The Morgan fingerprint density at radius 3 is 3.14 bits per heavy atom. The zero-order valence-electron chi connectivity index (χ0n) is 13.1. The summed E-state index contributed by atoms with van der Waals surface area (Å²) in [5, 5.41) is 4.92. The number of rotatable bonds is 3. The zero-order chi connectivity index (χ0) is 15.1. The minimum Gasteiger partial charge on any atom is -0.446 e. The maximum atomic E-state index is 5.69. The summed E-state index contributed by atoms with van der Waals surface area (Å²) in [6, 6.07) is 9.10. The summed E-state index contributed by atoms with van der Waals surface area (Å²) < 4.78 is 5.69. The summed E-state index contributed by atoms with van der Waals surface area (Å²) in [5.74, 6) is 1.85. The molecule has 0 fully saturated rings. The van der Waals surface area contributed by atoms with Gasteiger partial charge in [0.15, 0.2) is 5.89 Å². The molecule has 4 nitrogen and oxygen atoms in total. The van der Waals surface area contributed by atoms with Crippen LogP contribution in [0.25, 0.3) is 10.9 Å². The van der Waals surface area contributed by atoms with Crippen LogP contribution in [0.1, 0.15) is 47.5 Å². The highest BCUT2D eigenvalue weighted by molar-refractivity contribution is 5.81. The average molecular weight is 295 g/mol. The summed E-state index contributed by atoms with van der Waals surface area (Å²) in [6.07, 6.45) is 3.31. The molecule has 1 aromatic carbocycles. The predicted octanol–water partition coefficient (Wildman–Crippen LogP) is 3.94. The van der Waals surface area contributed by atoms with Gasteiger partial charge in [-0.25, -0.2) is 4.98 Å². The van der Waals surface area contributed by atoms with Crippen molar-refractivity contribution >= 4 is 10.9 Å². The molecule has 2 heterocycles. The summed E-state index contributed by atoms with van der Waals surface area (Å²) in [4.78, 5) is 7.93. The molecule has 1 atom stereocenters. The topological polar surface area (TPSA) is 53.9 Å². The van der Waals surface area contributed by atoms with Crippen LogP contribution >= 0.6 is 0 Å². The van der Waals surface area contributed by atoms with Crippen LogP contribution in [0.15, 0.2) is 28.7 Å². The molecule has 1 aliphatic carbocycles. The fourth-order valence-corrected chi connectivity index (χ4v) is 3.42.